The Labute approximate surface area is 218 Å². The number of benzene rings is 3. The van der Waals surface area contributed by atoms with Crippen molar-refractivity contribution in [1.29, 1.82) is 0 Å². The van der Waals surface area contributed by atoms with Gasteiger partial charge in [-0.15, -0.1) is 0 Å². The Kier molecular flexibility index (Phi) is 7.80. The molecule has 4 amide bonds. The van der Waals surface area contributed by atoms with Crippen molar-refractivity contribution in [2.45, 2.75) is 24.9 Å². The Bertz CT molecular complexity index is 1320. The molecule has 1 heterocycles. The minimum absolute atomic E-state index is 0.0525. The molecular formula is C28H26F2N4O4. The number of para-hydroxylation sites is 2. The van der Waals surface area contributed by atoms with Crippen LogP contribution in [0.4, 0.5) is 20.2 Å². The second kappa shape index (κ2) is 11.2. The van der Waals surface area contributed by atoms with E-state index in [1.165, 1.54) is 23.9 Å². The zero-order valence-electron chi connectivity index (χ0n) is 20.8. The number of anilines is 2. The van der Waals surface area contributed by atoms with Gasteiger partial charge in [0.05, 0.1) is 17.8 Å². The van der Waals surface area contributed by atoms with Gasteiger partial charge in [-0.05, 0) is 35.4 Å². The minimum Gasteiger partial charge on any atom is -0.344 e. The van der Waals surface area contributed by atoms with Gasteiger partial charge in [-0.3, -0.25) is 19.2 Å². The Morgan fingerprint density at radius 1 is 0.816 bits per heavy atom. The molecule has 0 saturated heterocycles. The van der Waals surface area contributed by atoms with Crippen LogP contribution in [0.1, 0.15) is 11.1 Å². The minimum atomic E-state index is -1.53. The molecule has 0 aliphatic carbocycles. The van der Waals surface area contributed by atoms with Crippen LogP contribution in [0.5, 0.6) is 0 Å². The largest absolute Gasteiger partial charge is 0.344 e. The van der Waals surface area contributed by atoms with Crippen LogP contribution >= 0.6 is 0 Å². The number of carbonyl (C=O) groups is 4. The van der Waals surface area contributed by atoms with Gasteiger partial charge in [0, 0.05) is 26.6 Å². The number of hydrogen-bond donors (Lipinski definition) is 2. The Morgan fingerprint density at radius 3 is 1.89 bits per heavy atom. The summed E-state index contributed by atoms with van der Waals surface area (Å²) in [5, 5.41) is 5.09. The number of nitrogens with one attached hydrogen (secondary N) is 2. The average Bonchev–Trinajstić information content (AvgIpc) is 2.95. The molecule has 1 aliphatic rings. The molecule has 1 aliphatic heterocycles. The third-order valence-electron chi connectivity index (χ3n) is 6.27. The topological polar surface area (TPSA) is 98.8 Å². The van der Waals surface area contributed by atoms with Crippen molar-refractivity contribution in [3.63, 3.8) is 0 Å². The molecule has 3 aromatic carbocycles. The lowest BCUT2D eigenvalue weighted by atomic mass is 10.0. The number of likely N-dealkylation sites (N-methyl/N-ethyl adjacent to an activating group) is 2. The van der Waals surface area contributed by atoms with Crippen molar-refractivity contribution in [2.24, 2.45) is 0 Å². The molecule has 0 bridgehead atoms. The van der Waals surface area contributed by atoms with Crippen molar-refractivity contribution in [3.8, 4) is 0 Å². The molecule has 0 unspecified atom stereocenters. The smallest absolute Gasteiger partial charge is 0.259 e. The molecule has 2 N–H and O–H groups in total. The normalized spacial score (nSPS) is 14.5. The molecule has 3 aromatic rings. The lowest BCUT2D eigenvalue weighted by molar-refractivity contribution is -0.135. The van der Waals surface area contributed by atoms with Crippen molar-refractivity contribution >= 4 is 35.0 Å². The van der Waals surface area contributed by atoms with E-state index in [0.717, 1.165) is 12.1 Å². The highest BCUT2D eigenvalue weighted by Crippen LogP contribution is 2.31. The molecule has 1 atom stereocenters. The highest BCUT2D eigenvalue weighted by molar-refractivity contribution is 6.21. The number of fused-ring (bicyclic) bond motifs is 1. The SMILES string of the molecule is CN1C(=O)C(NC(=O)[C@H](Cc2ccccc2)NC(=O)Cc2cc(F)cc(F)c2)C(=O)N(C)c2ccccc21. The van der Waals surface area contributed by atoms with Gasteiger partial charge in [0.15, 0.2) is 6.04 Å². The van der Waals surface area contributed by atoms with E-state index >= 15 is 0 Å². The molecule has 0 spiro atoms. The van der Waals surface area contributed by atoms with E-state index in [0.29, 0.717) is 23.0 Å². The van der Waals surface area contributed by atoms with Crippen molar-refractivity contribution in [2.75, 3.05) is 23.9 Å². The summed E-state index contributed by atoms with van der Waals surface area (Å²) in [5.41, 5.74) is 1.81. The van der Waals surface area contributed by atoms with Gasteiger partial charge in [-0.2, -0.15) is 0 Å². The van der Waals surface area contributed by atoms with Crippen molar-refractivity contribution < 1.29 is 28.0 Å². The predicted octanol–water partition coefficient (Wildman–Crippen LogP) is 2.36. The lowest BCUT2D eigenvalue weighted by Crippen LogP contribution is -2.58. The predicted molar refractivity (Wildman–Crippen MR) is 137 cm³/mol. The highest BCUT2D eigenvalue weighted by atomic mass is 19.1. The second-order valence-electron chi connectivity index (χ2n) is 8.99. The monoisotopic (exact) mass is 520 g/mol. The van der Waals surface area contributed by atoms with E-state index in [1.807, 2.05) is 0 Å². The maximum Gasteiger partial charge on any atom is 0.259 e. The van der Waals surface area contributed by atoms with Gasteiger partial charge in [0.1, 0.15) is 17.7 Å². The molecule has 10 heteroatoms. The first-order chi connectivity index (χ1) is 18.1. The van der Waals surface area contributed by atoms with Crippen LogP contribution in [0.2, 0.25) is 0 Å². The fourth-order valence-electron chi connectivity index (χ4n) is 4.33. The van der Waals surface area contributed by atoms with E-state index in [1.54, 1.807) is 54.6 Å². The number of amides is 4. The first-order valence-corrected chi connectivity index (χ1v) is 11.9. The summed E-state index contributed by atoms with van der Waals surface area (Å²) in [6.07, 6.45) is -0.327. The first kappa shape index (κ1) is 26.5. The second-order valence-corrected chi connectivity index (χ2v) is 8.99. The summed E-state index contributed by atoms with van der Waals surface area (Å²) in [6, 6.07) is 15.7. The van der Waals surface area contributed by atoms with Gasteiger partial charge in [0.25, 0.3) is 11.8 Å². The molecule has 0 aromatic heterocycles. The Morgan fingerprint density at radius 2 is 1.34 bits per heavy atom. The third-order valence-corrected chi connectivity index (χ3v) is 6.27. The molecule has 8 nitrogen and oxygen atoms in total. The Hall–Kier alpha value is -4.60. The standard InChI is InChI=1S/C28H26F2N4O4/c1-33-22-10-6-7-11-23(22)34(2)28(38)25(27(33)37)32-26(36)21(14-17-8-4-3-5-9-17)31-24(35)15-18-12-19(29)16-20(30)13-18/h3-13,16,21,25H,14-15H2,1-2H3,(H,31,35)(H,32,36)/t21-/m0/s1. The van der Waals surface area contributed by atoms with Crippen LogP contribution in [0.3, 0.4) is 0 Å². The number of hydrogen-bond acceptors (Lipinski definition) is 4. The molecule has 4 rings (SSSR count). The molecule has 0 fully saturated rings. The number of rotatable bonds is 7. The fraction of sp³-hybridized carbons (Fsp3) is 0.214. The lowest BCUT2D eigenvalue weighted by Gasteiger charge is -2.24. The molecule has 0 radical (unpaired) electrons. The first-order valence-electron chi connectivity index (χ1n) is 11.9. The van der Waals surface area contributed by atoms with Gasteiger partial charge in [-0.25, -0.2) is 8.78 Å². The number of carbonyl (C=O) groups excluding carboxylic acids is 4. The molecule has 196 valence electrons. The summed E-state index contributed by atoms with van der Waals surface area (Å²) >= 11 is 0. The highest BCUT2D eigenvalue weighted by Gasteiger charge is 2.39. The zero-order valence-corrected chi connectivity index (χ0v) is 20.8. The molecule has 0 saturated carbocycles. The van der Waals surface area contributed by atoms with E-state index < -0.39 is 47.3 Å². The maximum atomic E-state index is 13.6. The van der Waals surface area contributed by atoms with Crippen LogP contribution in [0.25, 0.3) is 0 Å². The van der Waals surface area contributed by atoms with E-state index in [2.05, 4.69) is 10.6 Å². The van der Waals surface area contributed by atoms with Crippen molar-refractivity contribution in [1.82, 2.24) is 10.6 Å². The van der Waals surface area contributed by atoms with Crippen molar-refractivity contribution in [3.05, 3.63) is 95.6 Å². The Balaban J connectivity index is 1.56. The number of nitrogens with zero attached hydrogens (tertiary/aromatic N) is 2. The molecule has 38 heavy (non-hydrogen) atoms. The van der Waals surface area contributed by atoms with Crippen LogP contribution in [0.15, 0.2) is 72.8 Å². The van der Waals surface area contributed by atoms with Crippen LogP contribution < -0.4 is 20.4 Å². The van der Waals surface area contributed by atoms with Gasteiger partial charge in [0.2, 0.25) is 11.8 Å². The van der Waals surface area contributed by atoms with Gasteiger partial charge in [-0.1, -0.05) is 42.5 Å². The zero-order chi connectivity index (χ0) is 27.4. The van der Waals surface area contributed by atoms with E-state index in [-0.39, 0.29) is 18.4 Å². The van der Waals surface area contributed by atoms with Crippen LogP contribution in [-0.2, 0) is 32.0 Å². The van der Waals surface area contributed by atoms with Crippen LogP contribution in [-0.4, -0.2) is 49.8 Å². The quantitative estimate of drug-likeness (QED) is 0.468. The van der Waals surface area contributed by atoms with Crippen LogP contribution in [0, 0.1) is 11.6 Å². The molecular weight excluding hydrogens is 494 g/mol. The number of halogens is 2. The summed E-state index contributed by atoms with van der Waals surface area (Å²) in [7, 11) is 3.02. The summed E-state index contributed by atoms with van der Waals surface area (Å²) in [4.78, 5) is 55.2. The third kappa shape index (κ3) is 5.86. The maximum absolute atomic E-state index is 13.6. The van der Waals surface area contributed by atoms with Gasteiger partial charge >= 0.3 is 0 Å². The fourth-order valence-corrected chi connectivity index (χ4v) is 4.33. The average molecular weight is 521 g/mol. The summed E-state index contributed by atoms with van der Waals surface area (Å²) in [6.45, 7) is 0. The van der Waals surface area contributed by atoms with E-state index in [4.69, 9.17) is 0 Å². The summed E-state index contributed by atoms with van der Waals surface area (Å²) in [5.74, 6) is -4.35. The van der Waals surface area contributed by atoms with Gasteiger partial charge < -0.3 is 20.4 Å². The summed E-state index contributed by atoms with van der Waals surface area (Å²) < 4.78 is 27.2. The van der Waals surface area contributed by atoms with E-state index in [9.17, 15) is 28.0 Å².